The third-order valence-corrected chi connectivity index (χ3v) is 6.31. The Kier molecular flexibility index (Phi) is 7.22. The molecular formula is C27H31NO6. The van der Waals surface area contributed by atoms with Crippen LogP contribution in [0.3, 0.4) is 0 Å². The summed E-state index contributed by atoms with van der Waals surface area (Å²) < 4.78 is 17.1. The minimum atomic E-state index is -0.398. The molecular weight excluding hydrogens is 434 g/mol. The molecule has 7 nitrogen and oxygen atoms in total. The summed E-state index contributed by atoms with van der Waals surface area (Å²) in [5.41, 5.74) is 1.11. The van der Waals surface area contributed by atoms with Gasteiger partial charge in [-0.2, -0.15) is 0 Å². The van der Waals surface area contributed by atoms with E-state index in [2.05, 4.69) is 11.8 Å². The number of ether oxygens (including phenoxy) is 2. The summed E-state index contributed by atoms with van der Waals surface area (Å²) in [5, 5.41) is 10.9. The van der Waals surface area contributed by atoms with Crippen molar-refractivity contribution in [2.45, 2.75) is 59.0 Å². The topological polar surface area (TPSA) is 89.2 Å². The second-order valence-electron chi connectivity index (χ2n) is 8.83. The van der Waals surface area contributed by atoms with Gasteiger partial charge in [0.1, 0.15) is 22.8 Å². The number of phenols is 1. The molecule has 2 heterocycles. The molecule has 0 aliphatic carbocycles. The third-order valence-electron chi connectivity index (χ3n) is 6.31. The number of likely N-dealkylation sites (tertiary alicyclic amines) is 1. The lowest BCUT2D eigenvalue weighted by molar-refractivity contribution is 0.0505. The van der Waals surface area contributed by atoms with Crippen LogP contribution in [0, 0.1) is 6.92 Å². The lowest BCUT2D eigenvalue weighted by atomic mass is 10.0. The molecule has 0 amide bonds. The van der Waals surface area contributed by atoms with Crippen LogP contribution in [0.1, 0.15) is 61.2 Å². The molecule has 7 heteroatoms. The predicted octanol–water partition coefficient (Wildman–Crippen LogP) is 5.54. The molecule has 1 fully saturated rings. The van der Waals surface area contributed by atoms with Gasteiger partial charge in [0.25, 0.3) is 0 Å². The van der Waals surface area contributed by atoms with E-state index in [-0.39, 0.29) is 16.9 Å². The number of piperidine rings is 1. The van der Waals surface area contributed by atoms with Gasteiger partial charge in [-0.3, -0.25) is 9.69 Å². The molecule has 1 saturated heterocycles. The van der Waals surface area contributed by atoms with Gasteiger partial charge >= 0.3 is 5.97 Å². The second kappa shape index (κ2) is 10.3. The monoisotopic (exact) mass is 465 g/mol. The van der Waals surface area contributed by atoms with Crippen LogP contribution >= 0.6 is 0 Å². The van der Waals surface area contributed by atoms with Crippen LogP contribution in [0.2, 0.25) is 0 Å². The number of aromatic hydroxyl groups is 1. The van der Waals surface area contributed by atoms with Gasteiger partial charge in [-0.25, -0.2) is 4.79 Å². The maximum atomic E-state index is 13.3. The van der Waals surface area contributed by atoms with Gasteiger partial charge in [0.15, 0.2) is 0 Å². The Labute approximate surface area is 198 Å². The van der Waals surface area contributed by atoms with Crippen LogP contribution < -0.4 is 10.2 Å². The molecule has 34 heavy (non-hydrogen) atoms. The number of hydrogen-bond acceptors (Lipinski definition) is 7. The molecule has 1 N–H and O–H groups in total. The third kappa shape index (κ3) is 4.94. The maximum Gasteiger partial charge on any atom is 0.338 e. The molecule has 1 aliphatic heterocycles. The van der Waals surface area contributed by atoms with Gasteiger partial charge < -0.3 is 19.0 Å². The molecule has 1 atom stereocenters. The van der Waals surface area contributed by atoms with Gasteiger partial charge in [0.05, 0.1) is 23.1 Å². The lowest BCUT2D eigenvalue weighted by Crippen LogP contribution is -2.36. The fourth-order valence-electron chi connectivity index (χ4n) is 4.32. The highest BCUT2D eigenvalue weighted by Gasteiger charge is 2.23. The summed E-state index contributed by atoms with van der Waals surface area (Å²) >= 11 is 0. The Morgan fingerprint density at radius 1 is 1.18 bits per heavy atom. The first-order valence-electron chi connectivity index (χ1n) is 11.9. The SMILES string of the molecule is CCCOC(=O)c1ccc(Oc2c(C)oc3c(CN4CCCC[C@H]4C)c(O)ccc3c2=O)cc1. The van der Waals surface area contributed by atoms with Crippen molar-refractivity contribution in [2.24, 2.45) is 0 Å². The lowest BCUT2D eigenvalue weighted by Gasteiger charge is -2.33. The summed E-state index contributed by atoms with van der Waals surface area (Å²) in [7, 11) is 0. The molecule has 4 rings (SSSR count). The average molecular weight is 466 g/mol. The summed E-state index contributed by atoms with van der Waals surface area (Å²) in [6.07, 6.45) is 4.18. The van der Waals surface area contributed by atoms with Crippen molar-refractivity contribution in [1.82, 2.24) is 4.90 Å². The van der Waals surface area contributed by atoms with E-state index in [1.54, 1.807) is 43.3 Å². The van der Waals surface area contributed by atoms with Crippen molar-refractivity contribution in [2.75, 3.05) is 13.2 Å². The first kappa shape index (κ1) is 23.8. The minimum Gasteiger partial charge on any atom is -0.507 e. The van der Waals surface area contributed by atoms with Gasteiger partial charge in [-0.1, -0.05) is 13.3 Å². The van der Waals surface area contributed by atoms with Crippen molar-refractivity contribution < 1.29 is 23.8 Å². The van der Waals surface area contributed by atoms with Crippen LogP contribution in [0.25, 0.3) is 11.0 Å². The molecule has 2 aromatic carbocycles. The van der Waals surface area contributed by atoms with Gasteiger partial charge in [-0.05, 0) is 76.1 Å². The zero-order chi connectivity index (χ0) is 24.2. The molecule has 180 valence electrons. The van der Waals surface area contributed by atoms with Crippen molar-refractivity contribution in [3.8, 4) is 17.2 Å². The number of nitrogens with zero attached hydrogens (tertiary/aromatic N) is 1. The van der Waals surface area contributed by atoms with Crippen LogP contribution in [-0.4, -0.2) is 35.2 Å². The molecule has 1 aromatic heterocycles. The Balaban J connectivity index is 1.63. The second-order valence-corrected chi connectivity index (χ2v) is 8.83. The summed E-state index contributed by atoms with van der Waals surface area (Å²) in [4.78, 5) is 27.6. The molecule has 0 saturated carbocycles. The fraction of sp³-hybridized carbons (Fsp3) is 0.407. The molecule has 1 aliphatic rings. The molecule has 0 spiro atoms. The highest BCUT2D eigenvalue weighted by Crippen LogP contribution is 2.33. The molecule has 0 unspecified atom stereocenters. The molecule has 0 bridgehead atoms. The quantitative estimate of drug-likeness (QED) is 0.458. The predicted molar refractivity (Wildman–Crippen MR) is 130 cm³/mol. The van der Waals surface area contributed by atoms with Crippen molar-refractivity contribution in [3.63, 3.8) is 0 Å². The van der Waals surface area contributed by atoms with E-state index in [9.17, 15) is 14.7 Å². The Morgan fingerprint density at radius 2 is 1.94 bits per heavy atom. The van der Waals surface area contributed by atoms with E-state index in [4.69, 9.17) is 13.9 Å². The molecule has 3 aromatic rings. The van der Waals surface area contributed by atoms with Crippen molar-refractivity contribution in [3.05, 3.63) is 63.5 Å². The number of benzene rings is 2. The number of phenolic OH excluding ortho intramolecular Hbond substituents is 1. The number of carbonyl (C=O) groups is 1. The number of rotatable bonds is 7. The smallest absolute Gasteiger partial charge is 0.338 e. The van der Waals surface area contributed by atoms with E-state index in [1.807, 2.05) is 6.92 Å². The summed E-state index contributed by atoms with van der Waals surface area (Å²) in [6, 6.07) is 9.94. The summed E-state index contributed by atoms with van der Waals surface area (Å²) in [5.74, 6) is 0.527. The van der Waals surface area contributed by atoms with E-state index < -0.39 is 5.97 Å². The average Bonchev–Trinajstić information content (AvgIpc) is 2.83. The van der Waals surface area contributed by atoms with Gasteiger partial charge in [0, 0.05) is 12.6 Å². The van der Waals surface area contributed by atoms with Crippen molar-refractivity contribution in [1.29, 1.82) is 0 Å². The van der Waals surface area contributed by atoms with E-state index >= 15 is 0 Å². The highest BCUT2D eigenvalue weighted by molar-refractivity contribution is 5.89. The van der Waals surface area contributed by atoms with Crippen LogP contribution in [0.15, 0.2) is 45.6 Å². The Hall–Kier alpha value is -3.32. The van der Waals surface area contributed by atoms with Gasteiger partial charge in [-0.15, -0.1) is 0 Å². The normalized spacial score (nSPS) is 16.5. The molecule has 0 radical (unpaired) electrons. The van der Waals surface area contributed by atoms with Crippen LogP contribution in [0.4, 0.5) is 0 Å². The number of hydrogen-bond donors (Lipinski definition) is 1. The van der Waals surface area contributed by atoms with Crippen LogP contribution in [-0.2, 0) is 11.3 Å². The van der Waals surface area contributed by atoms with E-state index in [1.165, 1.54) is 6.42 Å². The first-order chi connectivity index (χ1) is 16.4. The maximum absolute atomic E-state index is 13.3. The minimum absolute atomic E-state index is 0.0804. The zero-order valence-corrected chi connectivity index (χ0v) is 19.9. The van der Waals surface area contributed by atoms with Gasteiger partial charge in [0.2, 0.25) is 11.2 Å². The van der Waals surface area contributed by atoms with Crippen LogP contribution in [0.5, 0.6) is 17.2 Å². The Bertz CT molecular complexity index is 1230. The van der Waals surface area contributed by atoms with Crippen molar-refractivity contribution >= 4 is 16.9 Å². The highest BCUT2D eigenvalue weighted by atomic mass is 16.5. The van der Waals surface area contributed by atoms with E-state index in [0.717, 1.165) is 25.8 Å². The largest absolute Gasteiger partial charge is 0.507 e. The zero-order valence-electron chi connectivity index (χ0n) is 19.9. The van der Waals surface area contributed by atoms with E-state index in [0.29, 0.717) is 52.8 Å². The number of fused-ring (bicyclic) bond motifs is 1. The first-order valence-corrected chi connectivity index (χ1v) is 11.9. The summed E-state index contributed by atoms with van der Waals surface area (Å²) in [6.45, 7) is 7.61. The Morgan fingerprint density at radius 3 is 2.65 bits per heavy atom. The number of aryl methyl sites for hydroxylation is 1. The number of carbonyl (C=O) groups excluding carboxylic acids is 1. The fourth-order valence-corrected chi connectivity index (χ4v) is 4.32. The number of esters is 1. The standard InChI is InChI=1S/C27H31NO6/c1-4-15-32-27(31)19-8-10-20(11-9-19)34-25-18(3)33-26-21(24(25)30)12-13-23(29)22(26)16-28-14-6-5-7-17(28)2/h8-13,17,29H,4-7,14-16H2,1-3H3/t17-/m1/s1.